The fraction of sp³-hybridized carbons (Fsp3) is 0.444. The van der Waals surface area contributed by atoms with Gasteiger partial charge in [-0.3, -0.25) is 9.59 Å². The number of hydrogen-bond acceptors (Lipinski definition) is 7. The van der Waals surface area contributed by atoms with Crippen molar-refractivity contribution in [1.82, 2.24) is 30.5 Å². The van der Waals surface area contributed by atoms with Crippen molar-refractivity contribution in [2.45, 2.75) is 83.6 Å². The molecule has 1 saturated carbocycles. The van der Waals surface area contributed by atoms with Gasteiger partial charge in [0, 0.05) is 30.0 Å². The van der Waals surface area contributed by atoms with Crippen LogP contribution in [0.4, 0.5) is 4.79 Å². The van der Waals surface area contributed by atoms with Crippen LogP contribution < -0.4 is 10.6 Å². The molecule has 2 aromatic carbocycles. The number of carboxylic acids is 1. The first-order valence-electron chi connectivity index (χ1n) is 16.1. The number of amides is 3. The Morgan fingerprint density at radius 3 is 1.94 bits per heavy atom. The highest BCUT2D eigenvalue weighted by atomic mass is 16.6. The summed E-state index contributed by atoms with van der Waals surface area (Å²) in [7, 11) is 0. The number of carboxylic acid groups (broad SMARTS) is 1. The molecule has 0 bridgehead atoms. The third-order valence-corrected chi connectivity index (χ3v) is 8.72. The monoisotopic (exact) mass is 656 g/mol. The first kappa shape index (κ1) is 34.3. The van der Waals surface area contributed by atoms with Gasteiger partial charge in [0.15, 0.2) is 0 Å². The van der Waals surface area contributed by atoms with E-state index in [2.05, 4.69) is 17.2 Å². The average Bonchev–Trinajstić information content (AvgIpc) is 3.34. The summed E-state index contributed by atoms with van der Waals surface area (Å²) in [6, 6.07) is 16.6. The average molecular weight is 657 g/mol. The molecule has 1 aromatic heterocycles. The molecule has 0 radical (unpaired) electrons. The van der Waals surface area contributed by atoms with Crippen LogP contribution >= 0.6 is 0 Å². The Kier molecular flexibility index (Phi) is 9.22. The van der Waals surface area contributed by atoms with Gasteiger partial charge in [-0.25, -0.2) is 9.59 Å². The smallest absolute Gasteiger partial charge is 0.408 e. The summed E-state index contributed by atoms with van der Waals surface area (Å²) in [4.78, 5) is 56.5. The summed E-state index contributed by atoms with van der Waals surface area (Å²) < 4.78 is 5.47. The Hall–Kier alpha value is -5.00. The van der Waals surface area contributed by atoms with E-state index in [0.29, 0.717) is 11.4 Å². The van der Waals surface area contributed by atoms with Gasteiger partial charge in [-0.1, -0.05) is 87.5 Å². The molecule has 3 aromatic rings. The van der Waals surface area contributed by atoms with Gasteiger partial charge < -0.3 is 25.4 Å². The van der Waals surface area contributed by atoms with Crippen molar-refractivity contribution in [3.05, 3.63) is 73.3 Å². The lowest BCUT2D eigenvalue weighted by Crippen LogP contribution is -2.59. The molecule has 5 rings (SSSR count). The lowest BCUT2D eigenvalue weighted by Gasteiger charge is -2.36. The summed E-state index contributed by atoms with van der Waals surface area (Å²) in [5.41, 5.74) is -0.0762. The predicted molar refractivity (Wildman–Crippen MR) is 179 cm³/mol. The quantitative estimate of drug-likeness (QED) is 0.277. The molecule has 0 spiro atoms. The van der Waals surface area contributed by atoms with Gasteiger partial charge in [0.05, 0.1) is 6.04 Å². The number of benzene rings is 2. The molecule has 12 nitrogen and oxygen atoms in total. The summed E-state index contributed by atoms with van der Waals surface area (Å²) in [5.74, 6) is -2.72. The number of hydrogen-bond donors (Lipinski definition) is 3. The summed E-state index contributed by atoms with van der Waals surface area (Å²) in [6.45, 7) is 14.4. The molecule has 2 heterocycles. The van der Waals surface area contributed by atoms with Crippen LogP contribution in [-0.4, -0.2) is 78.6 Å². The van der Waals surface area contributed by atoms with Crippen molar-refractivity contribution in [3.63, 3.8) is 0 Å². The van der Waals surface area contributed by atoms with Gasteiger partial charge in [0.1, 0.15) is 34.6 Å². The second-order valence-corrected chi connectivity index (χ2v) is 14.6. The molecule has 254 valence electrons. The third kappa shape index (κ3) is 7.12. The van der Waals surface area contributed by atoms with Gasteiger partial charge in [-0.05, 0) is 32.6 Å². The third-order valence-electron chi connectivity index (χ3n) is 8.72. The predicted octanol–water partition coefficient (Wildman–Crippen LogP) is 4.84. The fourth-order valence-corrected chi connectivity index (χ4v) is 6.10. The van der Waals surface area contributed by atoms with E-state index in [1.165, 1.54) is 11.0 Å². The first-order chi connectivity index (χ1) is 22.5. The van der Waals surface area contributed by atoms with Crippen LogP contribution in [0.2, 0.25) is 0 Å². The minimum absolute atomic E-state index is 0.0433. The van der Waals surface area contributed by atoms with E-state index in [4.69, 9.17) is 14.9 Å². The highest BCUT2D eigenvalue weighted by Gasteiger charge is 2.61. The molecule has 5 atom stereocenters. The molecular formula is C36H44N6O6. The van der Waals surface area contributed by atoms with Crippen molar-refractivity contribution in [2.24, 2.45) is 11.3 Å². The molecular weight excluding hydrogens is 612 g/mol. The molecule has 3 N–H and O–H groups in total. The molecule has 2 fully saturated rings. The first-order valence-corrected chi connectivity index (χ1v) is 16.1. The Bertz CT molecular complexity index is 1640. The summed E-state index contributed by atoms with van der Waals surface area (Å²) in [5, 5.41) is 25.2. The highest BCUT2D eigenvalue weighted by molar-refractivity contribution is 5.96. The van der Waals surface area contributed by atoms with E-state index in [1.54, 1.807) is 46.3 Å². The molecule has 1 aliphatic carbocycles. The SMILES string of the molecule is C=CC1CC1(NC(=O)C1CC(n2nc(-c3ccccc3)c(-c3ccccc3)n2)CN1C(=O)C(NC(=O)OC(C)(C)C)C(C)(C)C)C(=O)O. The number of carbonyl (C=O) groups excluding carboxylic acids is 3. The van der Waals surface area contributed by atoms with Gasteiger partial charge in [0.25, 0.3) is 0 Å². The largest absolute Gasteiger partial charge is 0.479 e. The maximum absolute atomic E-state index is 14.4. The summed E-state index contributed by atoms with van der Waals surface area (Å²) >= 11 is 0. The van der Waals surface area contributed by atoms with Gasteiger partial charge in [-0.15, -0.1) is 6.58 Å². The van der Waals surface area contributed by atoms with Gasteiger partial charge in [-0.2, -0.15) is 15.0 Å². The number of alkyl carbamates (subject to hydrolysis) is 1. The van der Waals surface area contributed by atoms with Crippen molar-refractivity contribution >= 4 is 23.9 Å². The minimum atomic E-state index is -1.49. The number of nitrogens with zero attached hydrogens (tertiary/aromatic N) is 4. The maximum atomic E-state index is 14.4. The van der Waals surface area contributed by atoms with Crippen LogP contribution in [0.25, 0.3) is 22.5 Å². The second-order valence-electron chi connectivity index (χ2n) is 14.6. The van der Waals surface area contributed by atoms with E-state index in [9.17, 15) is 24.3 Å². The van der Waals surface area contributed by atoms with Crippen molar-refractivity contribution in [2.75, 3.05) is 6.54 Å². The number of carbonyl (C=O) groups is 4. The molecule has 12 heteroatoms. The summed E-state index contributed by atoms with van der Waals surface area (Å²) in [6.07, 6.45) is 1.07. The number of nitrogens with one attached hydrogen (secondary N) is 2. The zero-order chi connectivity index (χ0) is 35.0. The topological polar surface area (TPSA) is 156 Å². The fourth-order valence-electron chi connectivity index (χ4n) is 6.10. The second kappa shape index (κ2) is 12.9. The molecule has 2 aliphatic rings. The zero-order valence-electron chi connectivity index (χ0n) is 28.3. The van der Waals surface area contributed by atoms with E-state index in [1.807, 2.05) is 60.7 Å². The molecule has 1 saturated heterocycles. The van der Waals surface area contributed by atoms with Crippen molar-refractivity contribution in [3.8, 4) is 22.5 Å². The number of ether oxygens (including phenoxy) is 1. The van der Waals surface area contributed by atoms with Crippen molar-refractivity contribution in [1.29, 1.82) is 0 Å². The van der Waals surface area contributed by atoms with Crippen LogP contribution in [0.15, 0.2) is 73.3 Å². The van der Waals surface area contributed by atoms with E-state index in [-0.39, 0.29) is 19.4 Å². The van der Waals surface area contributed by atoms with Crippen molar-refractivity contribution < 1.29 is 29.0 Å². The van der Waals surface area contributed by atoms with E-state index in [0.717, 1.165) is 11.1 Å². The number of aliphatic carboxylic acids is 1. The minimum Gasteiger partial charge on any atom is -0.479 e. The lowest BCUT2D eigenvalue weighted by atomic mass is 9.85. The Balaban J connectivity index is 1.52. The number of aromatic nitrogens is 3. The Morgan fingerprint density at radius 1 is 0.958 bits per heavy atom. The van der Waals surface area contributed by atoms with Crippen LogP contribution in [0, 0.1) is 11.3 Å². The number of likely N-dealkylation sites (tertiary alicyclic amines) is 1. The Labute approximate surface area is 280 Å². The van der Waals surface area contributed by atoms with Crippen LogP contribution in [0.3, 0.4) is 0 Å². The van der Waals surface area contributed by atoms with Gasteiger partial charge in [0.2, 0.25) is 11.8 Å². The van der Waals surface area contributed by atoms with E-state index >= 15 is 0 Å². The molecule has 1 aliphatic heterocycles. The molecule has 48 heavy (non-hydrogen) atoms. The Morgan fingerprint density at radius 2 is 1.50 bits per heavy atom. The van der Waals surface area contributed by atoms with Gasteiger partial charge >= 0.3 is 12.1 Å². The normalized spacial score (nSPS) is 22.8. The van der Waals surface area contributed by atoms with Crippen LogP contribution in [-0.2, 0) is 19.1 Å². The lowest BCUT2D eigenvalue weighted by molar-refractivity contribution is -0.146. The maximum Gasteiger partial charge on any atom is 0.408 e. The number of rotatable bonds is 9. The van der Waals surface area contributed by atoms with E-state index < -0.39 is 64.5 Å². The van der Waals surface area contributed by atoms with Crippen LogP contribution in [0.1, 0.15) is 60.4 Å². The highest BCUT2D eigenvalue weighted by Crippen LogP contribution is 2.45. The standard InChI is InChI=1S/C36H44N6O6/c1-8-24-20-36(24,32(45)46)38-30(43)26-19-25(21-41(26)31(44)29(34(2,3)4)37-33(47)48-35(5,6)7)42-39-27(22-15-11-9-12-16-22)28(40-42)23-17-13-10-14-18-23/h8-18,24-26,29H,1,19-21H2,2-7H3,(H,37,47)(H,38,43)(H,45,46). The molecule has 5 unspecified atom stereocenters. The molecule has 3 amide bonds. The zero-order valence-corrected chi connectivity index (χ0v) is 28.3. The van der Waals surface area contributed by atoms with Crippen LogP contribution in [0.5, 0.6) is 0 Å².